The molecule has 0 aliphatic carbocycles. The number of ether oxygens (including phenoxy) is 1. The van der Waals surface area contributed by atoms with Gasteiger partial charge in [0.05, 0.1) is 18.2 Å². The molecule has 0 bridgehead atoms. The average molecular weight is 408 g/mol. The summed E-state index contributed by atoms with van der Waals surface area (Å²) in [5.41, 5.74) is 1.02. The quantitative estimate of drug-likeness (QED) is 0.535. The van der Waals surface area contributed by atoms with Gasteiger partial charge >= 0.3 is 0 Å². The van der Waals surface area contributed by atoms with Crippen molar-refractivity contribution in [2.45, 2.75) is 26.7 Å². The second-order valence-corrected chi connectivity index (χ2v) is 7.15. The number of carbonyl (C=O) groups excluding carboxylic acids is 4. The van der Waals surface area contributed by atoms with Crippen LogP contribution < -0.4 is 15.0 Å². The molecule has 30 heavy (non-hydrogen) atoms. The zero-order chi connectivity index (χ0) is 21.7. The van der Waals surface area contributed by atoms with E-state index >= 15 is 0 Å². The van der Waals surface area contributed by atoms with Crippen LogP contribution in [0.15, 0.2) is 54.6 Å². The summed E-state index contributed by atoms with van der Waals surface area (Å²) in [6.45, 7) is 3.70. The molecule has 1 aliphatic rings. The summed E-state index contributed by atoms with van der Waals surface area (Å²) in [6, 6.07) is 15.5. The van der Waals surface area contributed by atoms with Crippen LogP contribution in [0.25, 0.3) is 0 Å². The van der Waals surface area contributed by atoms with Crippen LogP contribution in [0.5, 0.6) is 5.75 Å². The minimum atomic E-state index is -1.01. The summed E-state index contributed by atoms with van der Waals surface area (Å²) in [6.07, 6.45) is -0.0411. The maximum atomic E-state index is 12.9. The van der Waals surface area contributed by atoms with Crippen molar-refractivity contribution in [3.8, 4) is 5.75 Å². The van der Waals surface area contributed by atoms with Gasteiger partial charge in [-0.05, 0) is 56.7 Å². The van der Waals surface area contributed by atoms with Gasteiger partial charge in [-0.25, -0.2) is 0 Å². The minimum absolute atomic E-state index is 0.00783. The Kier molecular flexibility index (Phi) is 6.61. The number of amides is 3. The standard InChI is InChI=1S/C23H24N2O5/c1-3-30-19-11-9-18(10-12-19)25-21(27)14-16(23(25)29)13-20(15(2)26)22(28)24-17-7-5-4-6-8-17/h4-12,16,20H,3,13-14H2,1-2H3,(H,24,28). The second-order valence-electron chi connectivity index (χ2n) is 7.15. The van der Waals surface area contributed by atoms with Gasteiger partial charge in [0.15, 0.2) is 0 Å². The van der Waals surface area contributed by atoms with Crippen molar-refractivity contribution in [1.82, 2.24) is 0 Å². The molecule has 2 unspecified atom stereocenters. The predicted octanol–water partition coefficient (Wildman–Crippen LogP) is 3.20. The van der Waals surface area contributed by atoms with Crippen molar-refractivity contribution in [3.05, 3.63) is 54.6 Å². The molecule has 2 aromatic carbocycles. The zero-order valence-corrected chi connectivity index (χ0v) is 17.0. The van der Waals surface area contributed by atoms with Gasteiger partial charge in [-0.2, -0.15) is 0 Å². The van der Waals surface area contributed by atoms with Crippen molar-refractivity contribution in [3.63, 3.8) is 0 Å². The molecule has 2 atom stereocenters. The molecule has 2 aromatic rings. The molecule has 1 aliphatic heterocycles. The minimum Gasteiger partial charge on any atom is -0.494 e. The number of hydrogen-bond donors (Lipinski definition) is 1. The fourth-order valence-corrected chi connectivity index (χ4v) is 3.50. The van der Waals surface area contributed by atoms with Crippen LogP contribution in [0.1, 0.15) is 26.7 Å². The number of para-hydroxylation sites is 1. The van der Waals surface area contributed by atoms with E-state index in [0.29, 0.717) is 23.7 Å². The van der Waals surface area contributed by atoms with E-state index in [1.165, 1.54) is 6.92 Å². The lowest BCUT2D eigenvalue weighted by molar-refractivity contribution is -0.131. The number of ketones is 1. The number of carbonyl (C=O) groups is 4. The number of anilines is 2. The number of hydrogen-bond acceptors (Lipinski definition) is 5. The Morgan fingerprint density at radius 1 is 1.10 bits per heavy atom. The van der Waals surface area contributed by atoms with Gasteiger partial charge in [-0.3, -0.25) is 24.1 Å². The Morgan fingerprint density at radius 2 is 1.77 bits per heavy atom. The molecule has 0 saturated carbocycles. The Balaban J connectivity index is 1.72. The molecule has 1 heterocycles. The van der Waals surface area contributed by atoms with Gasteiger partial charge in [0.25, 0.3) is 0 Å². The summed E-state index contributed by atoms with van der Waals surface area (Å²) in [5.74, 6) is -2.66. The number of imide groups is 1. The molecule has 3 rings (SSSR count). The smallest absolute Gasteiger partial charge is 0.237 e. The summed E-state index contributed by atoms with van der Waals surface area (Å²) < 4.78 is 5.38. The molecule has 7 nitrogen and oxygen atoms in total. The van der Waals surface area contributed by atoms with E-state index in [-0.39, 0.29) is 24.5 Å². The van der Waals surface area contributed by atoms with E-state index < -0.39 is 23.7 Å². The lowest BCUT2D eigenvalue weighted by Gasteiger charge is -2.18. The first-order chi connectivity index (χ1) is 14.4. The predicted molar refractivity (Wildman–Crippen MR) is 112 cm³/mol. The highest BCUT2D eigenvalue weighted by Crippen LogP contribution is 2.32. The SMILES string of the molecule is CCOc1ccc(N2C(=O)CC(CC(C(C)=O)C(=O)Nc3ccccc3)C2=O)cc1. The lowest BCUT2D eigenvalue weighted by Crippen LogP contribution is -2.34. The average Bonchev–Trinajstić information content (AvgIpc) is 3.00. The van der Waals surface area contributed by atoms with Crippen LogP contribution in [-0.4, -0.2) is 30.1 Å². The normalized spacial score (nSPS) is 17.0. The number of nitrogens with one attached hydrogen (secondary N) is 1. The molecule has 3 amide bonds. The molecule has 7 heteroatoms. The summed E-state index contributed by atoms with van der Waals surface area (Å²) in [5, 5.41) is 2.70. The summed E-state index contributed by atoms with van der Waals surface area (Å²) >= 11 is 0. The van der Waals surface area contributed by atoms with Crippen LogP contribution in [0.4, 0.5) is 11.4 Å². The van der Waals surface area contributed by atoms with Gasteiger partial charge in [0.1, 0.15) is 11.5 Å². The van der Waals surface area contributed by atoms with Crippen molar-refractivity contribution in [1.29, 1.82) is 0 Å². The number of nitrogens with zero attached hydrogens (tertiary/aromatic N) is 1. The second kappa shape index (κ2) is 9.35. The van der Waals surface area contributed by atoms with E-state index in [1.807, 2.05) is 13.0 Å². The topological polar surface area (TPSA) is 92.8 Å². The maximum absolute atomic E-state index is 12.9. The maximum Gasteiger partial charge on any atom is 0.237 e. The van der Waals surface area contributed by atoms with Crippen LogP contribution in [0.3, 0.4) is 0 Å². The highest BCUT2D eigenvalue weighted by Gasteiger charge is 2.42. The number of Topliss-reactive ketones (excluding diaryl/α,β-unsaturated/α-hetero) is 1. The molecule has 156 valence electrons. The van der Waals surface area contributed by atoms with Crippen LogP contribution in [0.2, 0.25) is 0 Å². The lowest BCUT2D eigenvalue weighted by atomic mass is 9.90. The zero-order valence-electron chi connectivity index (χ0n) is 17.0. The monoisotopic (exact) mass is 408 g/mol. The first kappa shape index (κ1) is 21.2. The van der Waals surface area contributed by atoms with Gasteiger partial charge in [0.2, 0.25) is 17.7 Å². The first-order valence-electron chi connectivity index (χ1n) is 9.86. The molecule has 1 saturated heterocycles. The molecule has 1 N–H and O–H groups in total. The Morgan fingerprint density at radius 3 is 2.37 bits per heavy atom. The highest BCUT2D eigenvalue weighted by molar-refractivity contribution is 6.21. The van der Waals surface area contributed by atoms with Gasteiger partial charge < -0.3 is 10.1 Å². The first-order valence-corrected chi connectivity index (χ1v) is 9.86. The van der Waals surface area contributed by atoms with E-state index in [2.05, 4.69) is 5.32 Å². The van der Waals surface area contributed by atoms with E-state index in [1.54, 1.807) is 48.5 Å². The van der Waals surface area contributed by atoms with Crippen LogP contribution in [-0.2, 0) is 19.2 Å². The highest BCUT2D eigenvalue weighted by atomic mass is 16.5. The molecular formula is C23H24N2O5. The third-order valence-corrected chi connectivity index (χ3v) is 5.01. The van der Waals surface area contributed by atoms with E-state index in [4.69, 9.17) is 4.74 Å². The fraction of sp³-hybridized carbons (Fsp3) is 0.304. The van der Waals surface area contributed by atoms with E-state index in [0.717, 1.165) is 4.90 Å². The molecule has 0 spiro atoms. The Bertz CT molecular complexity index is 940. The van der Waals surface area contributed by atoms with Crippen molar-refractivity contribution < 1.29 is 23.9 Å². The van der Waals surface area contributed by atoms with Gasteiger partial charge in [-0.15, -0.1) is 0 Å². The molecule has 0 radical (unpaired) electrons. The third-order valence-electron chi connectivity index (χ3n) is 5.01. The largest absolute Gasteiger partial charge is 0.494 e. The summed E-state index contributed by atoms with van der Waals surface area (Å²) in [7, 11) is 0. The third kappa shape index (κ3) is 4.74. The summed E-state index contributed by atoms with van der Waals surface area (Å²) in [4.78, 5) is 51.3. The van der Waals surface area contributed by atoms with Crippen molar-refractivity contribution in [2.24, 2.45) is 11.8 Å². The Labute approximate surface area is 175 Å². The Hall–Kier alpha value is -3.48. The van der Waals surface area contributed by atoms with Crippen LogP contribution in [0, 0.1) is 11.8 Å². The number of benzene rings is 2. The molecule has 1 fully saturated rings. The molecular weight excluding hydrogens is 384 g/mol. The number of rotatable bonds is 8. The van der Waals surface area contributed by atoms with Crippen molar-refractivity contribution >= 4 is 34.9 Å². The van der Waals surface area contributed by atoms with Gasteiger partial charge in [0, 0.05) is 18.0 Å². The van der Waals surface area contributed by atoms with Crippen molar-refractivity contribution in [2.75, 3.05) is 16.8 Å². The van der Waals surface area contributed by atoms with Crippen LogP contribution >= 0.6 is 0 Å². The van der Waals surface area contributed by atoms with Gasteiger partial charge in [-0.1, -0.05) is 18.2 Å². The molecule has 0 aromatic heterocycles. The van der Waals surface area contributed by atoms with E-state index in [9.17, 15) is 19.2 Å². The fourth-order valence-electron chi connectivity index (χ4n) is 3.50.